The van der Waals surface area contributed by atoms with Gasteiger partial charge in [-0.05, 0) is 32.4 Å². The van der Waals surface area contributed by atoms with Gasteiger partial charge in [-0.2, -0.15) is 15.5 Å². The van der Waals surface area contributed by atoms with Crippen molar-refractivity contribution in [1.82, 2.24) is 0 Å². The van der Waals surface area contributed by atoms with Gasteiger partial charge in [0.15, 0.2) is 0 Å². The second-order valence-electron chi connectivity index (χ2n) is 3.79. The Morgan fingerprint density at radius 2 is 2.22 bits per heavy atom. The molecule has 94 valence electrons. The summed E-state index contributed by atoms with van der Waals surface area (Å²) in [5, 5.41) is 16.4. The SMILES string of the molecule is CCOC(=O)C(C#N)N=Nc1ccc(C)cc1C. The Morgan fingerprint density at radius 1 is 1.50 bits per heavy atom. The van der Waals surface area contributed by atoms with Crippen LogP contribution in [0.15, 0.2) is 28.4 Å². The van der Waals surface area contributed by atoms with Gasteiger partial charge in [-0.25, -0.2) is 4.79 Å². The highest BCUT2D eigenvalue weighted by molar-refractivity contribution is 5.78. The first-order valence-electron chi connectivity index (χ1n) is 5.62. The van der Waals surface area contributed by atoms with E-state index in [-0.39, 0.29) is 6.61 Å². The maximum atomic E-state index is 11.3. The molecule has 1 aromatic rings. The Labute approximate surface area is 106 Å². The molecule has 0 saturated carbocycles. The van der Waals surface area contributed by atoms with Crippen LogP contribution >= 0.6 is 0 Å². The summed E-state index contributed by atoms with van der Waals surface area (Å²) in [6, 6.07) is 6.20. The van der Waals surface area contributed by atoms with Crippen LogP contribution in [0, 0.1) is 25.2 Å². The summed E-state index contributed by atoms with van der Waals surface area (Å²) < 4.78 is 4.72. The molecule has 0 heterocycles. The van der Waals surface area contributed by atoms with Crippen LogP contribution in [0.2, 0.25) is 0 Å². The molecule has 0 fully saturated rings. The average Bonchev–Trinajstić information content (AvgIpc) is 2.32. The standard InChI is InChI=1S/C13H15N3O2/c1-4-18-13(17)12(8-14)16-15-11-6-5-9(2)7-10(11)3/h5-7,12H,4H2,1-3H3. The van der Waals surface area contributed by atoms with E-state index in [0.717, 1.165) is 11.1 Å². The number of carbonyl (C=O) groups excluding carboxylic acids is 1. The van der Waals surface area contributed by atoms with Gasteiger partial charge in [0.05, 0.1) is 12.3 Å². The number of benzene rings is 1. The topological polar surface area (TPSA) is 74.8 Å². The fourth-order valence-corrected chi connectivity index (χ4v) is 1.38. The van der Waals surface area contributed by atoms with Crippen molar-refractivity contribution >= 4 is 11.7 Å². The molecule has 1 atom stereocenters. The molecule has 5 heteroatoms. The van der Waals surface area contributed by atoms with Gasteiger partial charge in [0.1, 0.15) is 6.07 Å². The van der Waals surface area contributed by atoms with E-state index in [1.54, 1.807) is 19.1 Å². The number of azo groups is 1. The molecule has 5 nitrogen and oxygen atoms in total. The number of esters is 1. The van der Waals surface area contributed by atoms with Crippen LogP contribution in [-0.4, -0.2) is 18.6 Å². The first kappa shape index (κ1) is 13.8. The second-order valence-corrected chi connectivity index (χ2v) is 3.79. The number of hydrogen-bond donors (Lipinski definition) is 0. The molecule has 0 aliphatic carbocycles. The van der Waals surface area contributed by atoms with Crippen molar-refractivity contribution in [2.75, 3.05) is 6.61 Å². The maximum absolute atomic E-state index is 11.3. The highest BCUT2D eigenvalue weighted by Gasteiger charge is 2.18. The lowest BCUT2D eigenvalue weighted by atomic mass is 10.1. The summed E-state index contributed by atoms with van der Waals surface area (Å²) in [6.45, 7) is 5.77. The van der Waals surface area contributed by atoms with E-state index in [0.29, 0.717) is 5.69 Å². The third kappa shape index (κ3) is 3.67. The van der Waals surface area contributed by atoms with E-state index in [2.05, 4.69) is 10.2 Å². The molecule has 0 spiro atoms. The molecular formula is C13H15N3O2. The molecule has 0 aliphatic heterocycles. The monoisotopic (exact) mass is 245 g/mol. The van der Waals surface area contributed by atoms with Crippen molar-refractivity contribution in [2.45, 2.75) is 26.8 Å². The van der Waals surface area contributed by atoms with Gasteiger partial charge < -0.3 is 4.74 Å². The van der Waals surface area contributed by atoms with Crippen molar-refractivity contribution in [3.63, 3.8) is 0 Å². The molecule has 0 amide bonds. The first-order valence-corrected chi connectivity index (χ1v) is 5.62. The van der Waals surface area contributed by atoms with Gasteiger partial charge in [0.2, 0.25) is 0 Å². The molecule has 0 radical (unpaired) electrons. The normalized spacial score (nSPS) is 12.1. The van der Waals surface area contributed by atoms with Gasteiger partial charge in [0.25, 0.3) is 6.04 Å². The van der Waals surface area contributed by atoms with Crippen LogP contribution < -0.4 is 0 Å². The van der Waals surface area contributed by atoms with E-state index in [4.69, 9.17) is 10.00 Å². The van der Waals surface area contributed by atoms with Crippen LogP contribution in [0.3, 0.4) is 0 Å². The van der Waals surface area contributed by atoms with E-state index in [1.807, 2.05) is 26.0 Å². The van der Waals surface area contributed by atoms with E-state index < -0.39 is 12.0 Å². The van der Waals surface area contributed by atoms with Crippen LogP contribution in [-0.2, 0) is 9.53 Å². The molecule has 0 bridgehead atoms. The summed E-state index contributed by atoms with van der Waals surface area (Å²) >= 11 is 0. The minimum atomic E-state index is -1.20. The third-order valence-electron chi connectivity index (χ3n) is 2.27. The van der Waals surface area contributed by atoms with Crippen LogP contribution in [0.5, 0.6) is 0 Å². The summed E-state index contributed by atoms with van der Waals surface area (Å²) in [5.41, 5.74) is 2.71. The van der Waals surface area contributed by atoms with Crippen LogP contribution in [0.1, 0.15) is 18.1 Å². The average molecular weight is 245 g/mol. The van der Waals surface area contributed by atoms with Crippen molar-refractivity contribution in [3.8, 4) is 6.07 Å². The fourth-order valence-electron chi connectivity index (χ4n) is 1.38. The lowest BCUT2D eigenvalue weighted by Gasteiger charge is -2.03. The molecule has 0 N–H and O–H groups in total. The zero-order valence-electron chi connectivity index (χ0n) is 10.7. The second kappa shape index (κ2) is 6.50. The third-order valence-corrected chi connectivity index (χ3v) is 2.27. The molecule has 1 unspecified atom stereocenters. The smallest absolute Gasteiger partial charge is 0.347 e. The summed E-state index contributed by atoms with van der Waals surface area (Å²) in [5.74, 6) is -0.673. The Bertz CT molecular complexity index is 503. The molecule has 1 aromatic carbocycles. The van der Waals surface area contributed by atoms with Gasteiger partial charge in [0, 0.05) is 0 Å². The molecule has 0 saturated heterocycles. The zero-order chi connectivity index (χ0) is 13.5. The van der Waals surface area contributed by atoms with Crippen molar-refractivity contribution in [2.24, 2.45) is 10.2 Å². The van der Waals surface area contributed by atoms with Gasteiger partial charge in [-0.3, -0.25) is 0 Å². The number of nitrogens with zero attached hydrogens (tertiary/aromatic N) is 3. The fraction of sp³-hybridized carbons (Fsp3) is 0.385. The van der Waals surface area contributed by atoms with Crippen molar-refractivity contribution < 1.29 is 9.53 Å². The lowest BCUT2D eigenvalue weighted by molar-refractivity contribution is -0.143. The van der Waals surface area contributed by atoms with Crippen LogP contribution in [0.25, 0.3) is 0 Å². The predicted octanol–water partition coefficient (Wildman–Crippen LogP) is 2.84. The zero-order valence-corrected chi connectivity index (χ0v) is 10.7. The number of rotatable bonds is 4. The predicted molar refractivity (Wildman–Crippen MR) is 66.5 cm³/mol. The van der Waals surface area contributed by atoms with Gasteiger partial charge >= 0.3 is 5.97 Å². The largest absolute Gasteiger partial charge is 0.464 e. The first-order chi connectivity index (χ1) is 8.58. The Balaban J connectivity index is 2.84. The number of nitriles is 1. The van der Waals surface area contributed by atoms with Crippen molar-refractivity contribution in [1.29, 1.82) is 5.26 Å². The quantitative estimate of drug-likeness (QED) is 0.604. The Kier molecular flexibility index (Phi) is 5.00. The summed E-state index contributed by atoms with van der Waals surface area (Å²) in [6.07, 6.45) is 0. The summed E-state index contributed by atoms with van der Waals surface area (Å²) in [4.78, 5) is 11.3. The summed E-state index contributed by atoms with van der Waals surface area (Å²) in [7, 11) is 0. The van der Waals surface area contributed by atoms with Crippen molar-refractivity contribution in [3.05, 3.63) is 29.3 Å². The van der Waals surface area contributed by atoms with Gasteiger partial charge in [-0.1, -0.05) is 17.7 Å². The Hall–Kier alpha value is -2.22. The highest BCUT2D eigenvalue weighted by Crippen LogP contribution is 2.20. The Morgan fingerprint density at radius 3 is 2.78 bits per heavy atom. The van der Waals surface area contributed by atoms with E-state index >= 15 is 0 Å². The number of ether oxygens (including phenoxy) is 1. The minimum absolute atomic E-state index is 0.218. The minimum Gasteiger partial charge on any atom is -0.464 e. The lowest BCUT2D eigenvalue weighted by Crippen LogP contribution is -2.19. The van der Waals surface area contributed by atoms with E-state index in [9.17, 15) is 4.79 Å². The molecule has 18 heavy (non-hydrogen) atoms. The number of hydrogen-bond acceptors (Lipinski definition) is 5. The number of aryl methyl sites for hydroxylation is 2. The molecular weight excluding hydrogens is 230 g/mol. The number of carbonyl (C=O) groups is 1. The molecule has 0 aromatic heterocycles. The van der Waals surface area contributed by atoms with Gasteiger partial charge in [-0.15, -0.1) is 0 Å². The van der Waals surface area contributed by atoms with E-state index in [1.165, 1.54) is 0 Å². The molecule has 1 rings (SSSR count). The maximum Gasteiger partial charge on any atom is 0.347 e. The highest BCUT2D eigenvalue weighted by atomic mass is 16.5. The molecule has 0 aliphatic rings. The van der Waals surface area contributed by atoms with Crippen LogP contribution in [0.4, 0.5) is 5.69 Å².